The lowest BCUT2D eigenvalue weighted by Gasteiger charge is -2.14. The second-order valence-corrected chi connectivity index (χ2v) is 4.93. The van der Waals surface area contributed by atoms with Gasteiger partial charge >= 0.3 is 0 Å². The summed E-state index contributed by atoms with van der Waals surface area (Å²) in [4.78, 5) is 0. The fourth-order valence-corrected chi connectivity index (χ4v) is 2.10. The summed E-state index contributed by atoms with van der Waals surface area (Å²) in [5.74, 6) is -1.13. The van der Waals surface area contributed by atoms with Crippen molar-refractivity contribution < 1.29 is 8.78 Å². The van der Waals surface area contributed by atoms with E-state index in [2.05, 4.69) is 0 Å². The van der Waals surface area contributed by atoms with E-state index in [4.69, 9.17) is 5.73 Å². The van der Waals surface area contributed by atoms with Crippen molar-refractivity contribution in [3.8, 4) is 0 Å². The van der Waals surface area contributed by atoms with Crippen molar-refractivity contribution >= 4 is 0 Å². The largest absolute Gasteiger partial charge is 0.324 e. The van der Waals surface area contributed by atoms with Crippen molar-refractivity contribution in [3.63, 3.8) is 0 Å². The van der Waals surface area contributed by atoms with Crippen molar-refractivity contribution in [1.82, 2.24) is 0 Å². The van der Waals surface area contributed by atoms with Crippen LogP contribution in [-0.2, 0) is 6.42 Å². The highest BCUT2D eigenvalue weighted by Gasteiger charge is 2.10. The predicted octanol–water partition coefficient (Wildman–Crippen LogP) is 3.82. The molecule has 0 radical (unpaired) electrons. The van der Waals surface area contributed by atoms with E-state index in [0.717, 1.165) is 11.6 Å². The van der Waals surface area contributed by atoms with Gasteiger partial charge in [0, 0.05) is 12.1 Å². The molecule has 0 aliphatic rings. The number of hydrogen-bond acceptors (Lipinski definition) is 1. The molecular weight excluding hydrogens is 244 g/mol. The molecule has 0 aliphatic carbocycles. The maximum atomic E-state index is 13.1. The van der Waals surface area contributed by atoms with Gasteiger partial charge in [-0.3, -0.25) is 0 Å². The second-order valence-electron chi connectivity index (χ2n) is 4.93. The third kappa shape index (κ3) is 3.38. The van der Waals surface area contributed by atoms with Crippen LogP contribution in [0, 0.1) is 25.5 Å². The van der Waals surface area contributed by atoms with Crippen LogP contribution in [0.5, 0.6) is 0 Å². The molecule has 1 unspecified atom stereocenters. The van der Waals surface area contributed by atoms with E-state index in [1.165, 1.54) is 23.3 Å². The Morgan fingerprint density at radius 3 is 2.16 bits per heavy atom. The third-order valence-electron chi connectivity index (χ3n) is 3.34. The Kier molecular flexibility index (Phi) is 3.96. The molecular formula is C16H17F2N. The summed E-state index contributed by atoms with van der Waals surface area (Å²) in [5, 5.41) is 0. The summed E-state index contributed by atoms with van der Waals surface area (Å²) in [6.45, 7) is 4.06. The van der Waals surface area contributed by atoms with Crippen LogP contribution in [-0.4, -0.2) is 0 Å². The smallest absolute Gasteiger partial charge is 0.126 e. The molecule has 100 valence electrons. The van der Waals surface area contributed by atoms with E-state index in [1.807, 2.05) is 32.0 Å². The molecule has 0 fully saturated rings. The van der Waals surface area contributed by atoms with E-state index in [0.29, 0.717) is 12.0 Å². The molecule has 2 rings (SSSR count). The molecule has 0 amide bonds. The second kappa shape index (κ2) is 5.49. The van der Waals surface area contributed by atoms with Crippen LogP contribution in [0.25, 0.3) is 0 Å². The molecule has 2 aromatic rings. The van der Waals surface area contributed by atoms with Crippen LogP contribution in [0.15, 0.2) is 36.4 Å². The van der Waals surface area contributed by atoms with Gasteiger partial charge in [0.05, 0.1) is 0 Å². The minimum Gasteiger partial charge on any atom is -0.324 e. The molecule has 0 aromatic heterocycles. The first-order valence-corrected chi connectivity index (χ1v) is 6.23. The van der Waals surface area contributed by atoms with Gasteiger partial charge in [-0.05, 0) is 54.7 Å². The van der Waals surface area contributed by atoms with E-state index >= 15 is 0 Å². The summed E-state index contributed by atoms with van der Waals surface area (Å²) in [7, 11) is 0. The third-order valence-corrected chi connectivity index (χ3v) is 3.34. The Bertz CT molecular complexity index is 573. The maximum absolute atomic E-state index is 13.1. The summed E-state index contributed by atoms with van der Waals surface area (Å²) >= 11 is 0. The molecule has 0 saturated heterocycles. The molecule has 2 aromatic carbocycles. The van der Waals surface area contributed by atoms with E-state index in [9.17, 15) is 8.78 Å². The number of benzene rings is 2. The summed E-state index contributed by atoms with van der Waals surface area (Å²) < 4.78 is 26.2. The van der Waals surface area contributed by atoms with Gasteiger partial charge in [0.2, 0.25) is 0 Å². The van der Waals surface area contributed by atoms with Gasteiger partial charge in [0.15, 0.2) is 0 Å². The molecule has 1 atom stereocenters. The van der Waals surface area contributed by atoms with Crippen LogP contribution in [0.4, 0.5) is 8.78 Å². The SMILES string of the molecule is Cc1ccc(C(N)Cc2cc(F)cc(F)c2)cc1C. The van der Waals surface area contributed by atoms with Gasteiger partial charge in [-0.25, -0.2) is 8.78 Å². The van der Waals surface area contributed by atoms with E-state index in [1.54, 1.807) is 0 Å². The summed E-state index contributed by atoms with van der Waals surface area (Å²) in [5.41, 5.74) is 10.0. The van der Waals surface area contributed by atoms with Gasteiger partial charge in [0.1, 0.15) is 11.6 Å². The Morgan fingerprint density at radius 2 is 1.58 bits per heavy atom. The Hall–Kier alpha value is -1.74. The van der Waals surface area contributed by atoms with Gasteiger partial charge in [-0.15, -0.1) is 0 Å². The molecule has 0 aliphatic heterocycles. The quantitative estimate of drug-likeness (QED) is 0.893. The zero-order chi connectivity index (χ0) is 14.0. The monoisotopic (exact) mass is 261 g/mol. The van der Waals surface area contributed by atoms with E-state index in [-0.39, 0.29) is 6.04 Å². The molecule has 0 saturated carbocycles. The summed E-state index contributed by atoms with van der Waals surface area (Å²) in [6.07, 6.45) is 0.414. The first kappa shape index (κ1) is 13.7. The molecule has 3 heteroatoms. The van der Waals surface area contributed by atoms with Gasteiger partial charge in [0.25, 0.3) is 0 Å². The normalized spacial score (nSPS) is 12.5. The molecule has 2 N–H and O–H groups in total. The zero-order valence-electron chi connectivity index (χ0n) is 11.1. The number of nitrogens with two attached hydrogens (primary N) is 1. The number of rotatable bonds is 3. The van der Waals surface area contributed by atoms with Crippen LogP contribution >= 0.6 is 0 Å². The highest BCUT2D eigenvalue weighted by Crippen LogP contribution is 2.20. The van der Waals surface area contributed by atoms with Crippen molar-refractivity contribution in [2.75, 3.05) is 0 Å². The van der Waals surface area contributed by atoms with Gasteiger partial charge < -0.3 is 5.73 Å². The van der Waals surface area contributed by atoms with Crippen molar-refractivity contribution in [1.29, 1.82) is 0 Å². The van der Waals surface area contributed by atoms with Crippen LogP contribution < -0.4 is 5.73 Å². The van der Waals surface area contributed by atoms with Crippen molar-refractivity contribution in [2.45, 2.75) is 26.3 Å². The van der Waals surface area contributed by atoms with Gasteiger partial charge in [-0.1, -0.05) is 18.2 Å². The lowest BCUT2D eigenvalue weighted by Crippen LogP contribution is -2.14. The van der Waals surface area contributed by atoms with Crippen molar-refractivity contribution in [3.05, 3.63) is 70.3 Å². The lowest BCUT2D eigenvalue weighted by molar-refractivity contribution is 0.576. The Morgan fingerprint density at radius 1 is 0.947 bits per heavy atom. The fraction of sp³-hybridized carbons (Fsp3) is 0.250. The number of aryl methyl sites for hydroxylation is 2. The van der Waals surface area contributed by atoms with Crippen LogP contribution in [0.2, 0.25) is 0 Å². The maximum Gasteiger partial charge on any atom is 0.126 e. The van der Waals surface area contributed by atoms with Crippen LogP contribution in [0.1, 0.15) is 28.3 Å². The minimum atomic E-state index is -0.567. The first-order chi connectivity index (χ1) is 8.95. The fourth-order valence-electron chi connectivity index (χ4n) is 2.10. The first-order valence-electron chi connectivity index (χ1n) is 6.23. The highest BCUT2D eigenvalue weighted by atomic mass is 19.1. The average Bonchev–Trinajstić information content (AvgIpc) is 2.31. The molecule has 19 heavy (non-hydrogen) atoms. The number of hydrogen-bond donors (Lipinski definition) is 1. The molecule has 0 heterocycles. The van der Waals surface area contributed by atoms with Crippen molar-refractivity contribution in [2.24, 2.45) is 5.73 Å². The molecule has 0 bridgehead atoms. The molecule has 0 spiro atoms. The zero-order valence-corrected chi connectivity index (χ0v) is 11.1. The van der Waals surface area contributed by atoms with E-state index < -0.39 is 11.6 Å². The van der Waals surface area contributed by atoms with Gasteiger partial charge in [-0.2, -0.15) is 0 Å². The number of halogens is 2. The molecule has 1 nitrogen and oxygen atoms in total. The highest BCUT2D eigenvalue weighted by molar-refractivity contribution is 5.32. The Balaban J connectivity index is 2.20. The minimum absolute atomic E-state index is 0.263. The van der Waals surface area contributed by atoms with Crippen LogP contribution in [0.3, 0.4) is 0 Å². The summed E-state index contributed by atoms with van der Waals surface area (Å²) in [6, 6.07) is 9.24. The predicted molar refractivity (Wildman–Crippen MR) is 72.9 cm³/mol. The topological polar surface area (TPSA) is 26.0 Å². The Labute approximate surface area is 112 Å². The lowest BCUT2D eigenvalue weighted by atomic mass is 9.96. The standard InChI is InChI=1S/C16H17F2N/c1-10-3-4-13(5-11(10)2)16(19)8-12-6-14(17)9-15(18)7-12/h3-7,9,16H,8,19H2,1-2H3. The average molecular weight is 261 g/mol.